The molecule has 0 saturated heterocycles. The molecule has 33 heavy (non-hydrogen) atoms. The number of halogens is 2. The van der Waals surface area contributed by atoms with Crippen LogP contribution in [0.4, 0.5) is 10.1 Å². The van der Waals surface area contributed by atoms with Crippen LogP contribution in [0.3, 0.4) is 0 Å². The van der Waals surface area contributed by atoms with Crippen LogP contribution in [0.5, 0.6) is 0 Å². The number of pyridine rings is 2. The first-order chi connectivity index (χ1) is 15.7. The van der Waals surface area contributed by atoms with Crippen molar-refractivity contribution in [3.8, 4) is 17.3 Å². The summed E-state index contributed by atoms with van der Waals surface area (Å²) in [6.45, 7) is 5.05. The van der Waals surface area contributed by atoms with Crippen molar-refractivity contribution >= 4 is 28.3 Å². The number of hydrogen-bond acceptors (Lipinski definition) is 7. The molecule has 1 unspecified atom stereocenters. The van der Waals surface area contributed by atoms with Crippen LogP contribution < -0.4 is 5.32 Å². The monoisotopic (exact) mass is 462 g/mol. The number of nitriles is 1. The Morgan fingerprint density at radius 3 is 2.55 bits per heavy atom. The van der Waals surface area contributed by atoms with Crippen LogP contribution >= 0.6 is 11.6 Å². The summed E-state index contributed by atoms with van der Waals surface area (Å²) >= 11 is 6.44. The third kappa shape index (κ3) is 4.60. The Morgan fingerprint density at radius 2 is 1.88 bits per heavy atom. The van der Waals surface area contributed by atoms with E-state index >= 15 is 0 Å². The highest BCUT2D eigenvalue weighted by Crippen LogP contribution is 2.34. The molecule has 0 aliphatic heterocycles. The van der Waals surface area contributed by atoms with Crippen LogP contribution in [0.1, 0.15) is 43.8 Å². The van der Waals surface area contributed by atoms with Crippen molar-refractivity contribution in [2.24, 2.45) is 0 Å². The summed E-state index contributed by atoms with van der Waals surface area (Å²) in [5, 5.41) is 22.9. The minimum Gasteiger partial charge on any atom is -0.382 e. The van der Waals surface area contributed by atoms with Crippen LogP contribution in [0.25, 0.3) is 22.3 Å². The fraction of sp³-hybridized carbons (Fsp3) is 0.208. The van der Waals surface area contributed by atoms with Gasteiger partial charge in [0.15, 0.2) is 11.6 Å². The Labute approximate surface area is 195 Å². The number of fused-ring (bicyclic) bond motifs is 1. The molecule has 166 valence electrons. The van der Waals surface area contributed by atoms with Crippen molar-refractivity contribution in [2.75, 3.05) is 5.32 Å². The van der Waals surface area contributed by atoms with E-state index < -0.39 is 11.4 Å². The molecule has 0 bridgehead atoms. The van der Waals surface area contributed by atoms with Gasteiger partial charge in [-0.25, -0.2) is 19.3 Å². The van der Waals surface area contributed by atoms with Crippen molar-refractivity contribution in [1.82, 2.24) is 19.9 Å². The van der Waals surface area contributed by atoms with Crippen LogP contribution in [0.2, 0.25) is 5.02 Å². The highest BCUT2D eigenvalue weighted by Gasteiger charge is 2.21. The zero-order chi connectivity index (χ0) is 23.8. The number of nitrogens with one attached hydrogen (secondary N) is 1. The van der Waals surface area contributed by atoms with Crippen molar-refractivity contribution < 1.29 is 9.50 Å². The van der Waals surface area contributed by atoms with Crippen LogP contribution in [-0.2, 0) is 5.60 Å². The number of nitrogens with zero attached hydrogens (tertiary/aromatic N) is 5. The van der Waals surface area contributed by atoms with Gasteiger partial charge in [0, 0.05) is 36.3 Å². The van der Waals surface area contributed by atoms with Gasteiger partial charge in [-0.3, -0.25) is 4.98 Å². The molecule has 0 radical (unpaired) electrons. The predicted molar refractivity (Wildman–Crippen MR) is 124 cm³/mol. The van der Waals surface area contributed by atoms with E-state index in [1.165, 1.54) is 24.7 Å². The highest BCUT2D eigenvalue weighted by molar-refractivity contribution is 6.34. The standard InChI is InChI=1S/C24H20ClFN6O/c1-13(15-6-4-5-14(7-15)9-27)31-21-17(25)12-28-19-8-18(26)20(32-22(19)21)16-10-29-23(30-11-16)24(2,3)33/h4-8,10-13,33H,1-3H3,(H,28,31). The third-order valence-corrected chi connectivity index (χ3v) is 5.38. The Kier molecular flexibility index (Phi) is 5.93. The van der Waals surface area contributed by atoms with Gasteiger partial charge in [0.05, 0.1) is 27.9 Å². The van der Waals surface area contributed by atoms with E-state index in [4.69, 9.17) is 11.6 Å². The average Bonchev–Trinajstić information content (AvgIpc) is 2.80. The van der Waals surface area contributed by atoms with Gasteiger partial charge in [0.2, 0.25) is 0 Å². The van der Waals surface area contributed by atoms with Gasteiger partial charge in [-0.1, -0.05) is 23.7 Å². The average molecular weight is 463 g/mol. The molecule has 2 N–H and O–H groups in total. The number of rotatable bonds is 5. The number of aliphatic hydroxyl groups is 1. The minimum atomic E-state index is -1.22. The first-order valence-electron chi connectivity index (χ1n) is 10.1. The summed E-state index contributed by atoms with van der Waals surface area (Å²) in [5.41, 5.74) is 1.80. The molecular formula is C24H20ClFN6O. The highest BCUT2D eigenvalue weighted by atomic mass is 35.5. The quantitative estimate of drug-likeness (QED) is 0.422. The minimum absolute atomic E-state index is 0.0380. The SMILES string of the molecule is CC(Nc1c(Cl)cnc2cc(F)c(-c3cnc(C(C)(C)O)nc3)nc12)c1cccc(C#N)c1. The fourth-order valence-electron chi connectivity index (χ4n) is 3.35. The number of benzene rings is 1. The smallest absolute Gasteiger partial charge is 0.159 e. The molecule has 0 fully saturated rings. The lowest BCUT2D eigenvalue weighted by Crippen LogP contribution is -2.19. The summed E-state index contributed by atoms with van der Waals surface area (Å²) in [7, 11) is 0. The van der Waals surface area contributed by atoms with Gasteiger partial charge < -0.3 is 10.4 Å². The first-order valence-corrected chi connectivity index (χ1v) is 10.5. The summed E-state index contributed by atoms with van der Waals surface area (Å²) < 4.78 is 14.9. The maximum Gasteiger partial charge on any atom is 0.159 e. The van der Waals surface area contributed by atoms with Gasteiger partial charge >= 0.3 is 0 Å². The molecule has 0 spiro atoms. The van der Waals surface area contributed by atoms with E-state index in [2.05, 4.69) is 31.3 Å². The molecule has 0 aliphatic carbocycles. The van der Waals surface area contributed by atoms with Gasteiger partial charge in [0.1, 0.15) is 16.8 Å². The van der Waals surface area contributed by atoms with Gasteiger partial charge in [-0.15, -0.1) is 0 Å². The van der Waals surface area contributed by atoms with E-state index in [1.807, 2.05) is 13.0 Å². The summed E-state index contributed by atoms with van der Waals surface area (Å²) in [6.07, 6.45) is 4.27. The largest absolute Gasteiger partial charge is 0.382 e. The Hall–Kier alpha value is -3.67. The van der Waals surface area contributed by atoms with Crippen LogP contribution in [0, 0.1) is 17.1 Å². The lowest BCUT2D eigenvalue weighted by Gasteiger charge is -2.19. The van der Waals surface area contributed by atoms with Crippen molar-refractivity contribution in [2.45, 2.75) is 32.4 Å². The third-order valence-electron chi connectivity index (χ3n) is 5.10. The van der Waals surface area contributed by atoms with Crippen LogP contribution in [0.15, 0.2) is 48.9 Å². The van der Waals surface area contributed by atoms with Gasteiger partial charge in [0.25, 0.3) is 0 Å². The van der Waals surface area contributed by atoms with Crippen LogP contribution in [-0.4, -0.2) is 25.0 Å². The molecule has 1 atom stereocenters. The molecule has 0 saturated carbocycles. The molecule has 1 aromatic carbocycles. The van der Waals surface area contributed by atoms with E-state index in [1.54, 1.807) is 32.0 Å². The molecule has 4 rings (SSSR count). The molecule has 9 heteroatoms. The second-order valence-corrected chi connectivity index (χ2v) is 8.53. The first kappa shape index (κ1) is 22.5. The maximum atomic E-state index is 14.9. The molecular weight excluding hydrogens is 443 g/mol. The Morgan fingerprint density at radius 1 is 1.15 bits per heavy atom. The maximum absolute atomic E-state index is 14.9. The topological polar surface area (TPSA) is 108 Å². The number of anilines is 1. The van der Waals surface area contributed by atoms with Crippen molar-refractivity contribution in [3.05, 3.63) is 76.7 Å². The zero-order valence-electron chi connectivity index (χ0n) is 18.1. The summed E-state index contributed by atoms with van der Waals surface area (Å²) in [6, 6.07) is 10.4. The van der Waals surface area contributed by atoms with Crippen molar-refractivity contribution in [1.29, 1.82) is 5.26 Å². The summed E-state index contributed by atoms with van der Waals surface area (Å²) in [5.74, 6) is -0.370. The normalized spacial score (nSPS) is 12.4. The molecule has 7 nitrogen and oxygen atoms in total. The molecule has 3 heterocycles. The molecule has 3 aromatic heterocycles. The zero-order valence-corrected chi connectivity index (χ0v) is 18.9. The molecule has 0 aliphatic rings. The van der Waals surface area contributed by atoms with E-state index in [-0.39, 0.29) is 17.6 Å². The number of aromatic nitrogens is 4. The predicted octanol–water partition coefficient (Wildman–Crippen LogP) is 5.15. The van der Waals surface area contributed by atoms with Gasteiger partial charge in [-0.2, -0.15) is 5.26 Å². The number of hydrogen-bond donors (Lipinski definition) is 2. The van der Waals surface area contributed by atoms with Gasteiger partial charge in [-0.05, 0) is 38.5 Å². The molecule has 0 amide bonds. The Bertz CT molecular complexity index is 1380. The van der Waals surface area contributed by atoms with E-state index in [9.17, 15) is 14.8 Å². The van der Waals surface area contributed by atoms with E-state index in [0.717, 1.165) is 5.56 Å². The fourth-order valence-corrected chi connectivity index (χ4v) is 3.54. The Balaban J connectivity index is 1.78. The second-order valence-electron chi connectivity index (χ2n) is 8.13. The summed E-state index contributed by atoms with van der Waals surface area (Å²) in [4.78, 5) is 17.0. The lowest BCUT2D eigenvalue weighted by atomic mass is 10.1. The second kappa shape index (κ2) is 8.70. The molecule has 4 aromatic rings. The van der Waals surface area contributed by atoms with E-state index in [0.29, 0.717) is 32.9 Å². The van der Waals surface area contributed by atoms with Crippen molar-refractivity contribution in [3.63, 3.8) is 0 Å². The lowest BCUT2D eigenvalue weighted by molar-refractivity contribution is 0.0687.